The number of hydrogen-bond donors (Lipinski definition) is 1. The first-order valence-corrected chi connectivity index (χ1v) is 6.65. The Morgan fingerprint density at radius 2 is 2.19 bits per heavy atom. The van der Waals surface area contributed by atoms with E-state index in [2.05, 4.69) is 6.92 Å². The zero-order valence-electron chi connectivity index (χ0n) is 10.2. The highest BCUT2D eigenvalue weighted by Gasteiger charge is 2.35. The van der Waals surface area contributed by atoms with Gasteiger partial charge >= 0.3 is 0 Å². The zero-order chi connectivity index (χ0) is 11.5. The smallest absolute Gasteiger partial charge is 0.223 e. The second-order valence-corrected chi connectivity index (χ2v) is 5.39. The van der Waals surface area contributed by atoms with E-state index in [1.807, 2.05) is 4.90 Å². The number of carbonyl (C=O) groups is 1. The van der Waals surface area contributed by atoms with Gasteiger partial charge in [0.05, 0.1) is 0 Å². The summed E-state index contributed by atoms with van der Waals surface area (Å²) in [6, 6.07) is 0.461. The second kappa shape index (κ2) is 5.17. The lowest BCUT2D eigenvalue weighted by molar-refractivity contribution is -0.130. The average Bonchev–Trinajstić information content (AvgIpc) is 2.71. The Hall–Kier alpha value is -0.570. The van der Waals surface area contributed by atoms with E-state index in [0.29, 0.717) is 12.5 Å². The molecule has 0 aromatic heterocycles. The first-order chi connectivity index (χ1) is 7.74. The molecule has 0 bridgehead atoms. The summed E-state index contributed by atoms with van der Waals surface area (Å²) in [5.74, 6) is 1.26. The third-order valence-electron chi connectivity index (χ3n) is 4.27. The van der Waals surface area contributed by atoms with Crippen LogP contribution in [-0.4, -0.2) is 35.1 Å². The lowest BCUT2D eigenvalue weighted by atomic mass is 9.83. The van der Waals surface area contributed by atoms with Gasteiger partial charge in [0.15, 0.2) is 0 Å². The molecule has 1 aliphatic carbocycles. The molecule has 2 fully saturated rings. The first-order valence-electron chi connectivity index (χ1n) is 6.65. The molecule has 3 atom stereocenters. The summed E-state index contributed by atoms with van der Waals surface area (Å²) in [4.78, 5) is 13.9. The van der Waals surface area contributed by atoms with Crippen LogP contribution in [-0.2, 0) is 4.79 Å². The molecule has 0 radical (unpaired) electrons. The molecule has 3 nitrogen and oxygen atoms in total. The molecule has 1 saturated carbocycles. The van der Waals surface area contributed by atoms with E-state index >= 15 is 0 Å². The molecule has 92 valence electrons. The maximum absolute atomic E-state index is 11.9. The van der Waals surface area contributed by atoms with E-state index in [1.165, 1.54) is 32.1 Å². The number of aliphatic hydroxyl groups is 1. The minimum Gasteiger partial charge on any atom is -0.396 e. The van der Waals surface area contributed by atoms with Gasteiger partial charge in [0.25, 0.3) is 0 Å². The predicted molar refractivity (Wildman–Crippen MR) is 62.9 cm³/mol. The van der Waals surface area contributed by atoms with Crippen LogP contribution in [0.5, 0.6) is 0 Å². The summed E-state index contributed by atoms with van der Waals surface area (Å²) in [5.41, 5.74) is 0. The van der Waals surface area contributed by atoms with Gasteiger partial charge in [-0.1, -0.05) is 26.2 Å². The lowest BCUT2D eigenvalue weighted by Crippen LogP contribution is -2.40. The van der Waals surface area contributed by atoms with Crippen molar-refractivity contribution < 1.29 is 9.90 Å². The van der Waals surface area contributed by atoms with Crippen LogP contribution in [0.25, 0.3) is 0 Å². The molecular formula is C13H23NO2. The molecule has 2 rings (SSSR count). The van der Waals surface area contributed by atoms with Crippen molar-refractivity contribution in [1.29, 1.82) is 0 Å². The van der Waals surface area contributed by atoms with Crippen LogP contribution in [0.15, 0.2) is 0 Å². The number of aliphatic hydroxyl groups excluding tert-OH is 1. The van der Waals surface area contributed by atoms with Crippen LogP contribution in [0.4, 0.5) is 0 Å². The normalized spacial score (nSPS) is 35.8. The maximum atomic E-state index is 11.9. The van der Waals surface area contributed by atoms with Gasteiger partial charge in [-0.2, -0.15) is 0 Å². The molecule has 0 aromatic rings. The third kappa shape index (κ3) is 2.40. The van der Waals surface area contributed by atoms with E-state index < -0.39 is 0 Å². The van der Waals surface area contributed by atoms with Crippen molar-refractivity contribution >= 4 is 5.91 Å². The van der Waals surface area contributed by atoms with Gasteiger partial charge in [-0.05, 0) is 18.8 Å². The molecule has 3 unspecified atom stereocenters. The summed E-state index contributed by atoms with van der Waals surface area (Å²) < 4.78 is 0. The molecule has 1 amide bonds. The van der Waals surface area contributed by atoms with Crippen molar-refractivity contribution in [1.82, 2.24) is 4.90 Å². The molecular weight excluding hydrogens is 202 g/mol. The second-order valence-electron chi connectivity index (χ2n) is 5.39. The number of nitrogens with zero attached hydrogens (tertiary/aromatic N) is 1. The summed E-state index contributed by atoms with van der Waals surface area (Å²) in [5, 5.41) is 9.12. The minimum atomic E-state index is 0.159. The van der Waals surface area contributed by atoms with E-state index in [-0.39, 0.29) is 18.4 Å². The Morgan fingerprint density at radius 1 is 1.38 bits per heavy atom. The molecule has 0 spiro atoms. The van der Waals surface area contributed by atoms with E-state index in [1.54, 1.807) is 0 Å². The monoisotopic (exact) mass is 225 g/mol. The Balaban J connectivity index is 1.94. The van der Waals surface area contributed by atoms with Gasteiger partial charge in [-0.25, -0.2) is 0 Å². The van der Waals surface area contributed by atoms with Crippen molar-refractivity contribution in [2.45, 2.75) is 51.5 Å². The van der Waals surface area contributed by atoms with Crippen LogP contribution in [0, 0.1) is 11.8 Å². The first kappa shape index (κ1) is 11.9. The summed E-state index contributed by atoms with van der Waals surface area (Å²) in [6.07, 6.45) is 6.74. The number of likely N-dealkylation sites (tertiary alicyclic amines) is 1. The highest BCUT2D eigenvalue weighted by atomic mass is 16.3. The van der Waals surface area contributed by atoms with Crippen LogP contribution in [0.3, 0.4) is 0 Å². The van der Waals surface area contributed by atoms with E-state index in [9.17, 15) is 4.79 Å². The fourth-order valence-corrected chi connectivity index (χ4v) is 3.20. The highest BCUT2D eigenvalue weighted by Crippen LogP contribution is 2.32. The van der Waals surface area contributed by atoms with E-state index in [0.717, 1.165) is 12.5 Å². The zero-order valence-corrected chi connectivity index (χ0v) is 10.2. The molecule has 1 aliphatic heterocycles. The van der Waals surface area contributed by atoms with Gasteiger partial charge in [-0.15, -0.1) is 0 Å². The molecule has 0 aromatic carbocycles. The largest absolute Gasteiger partial charge is 0.396 e. The molecule has 16 heavy (non-hydrogen) atoms. The topological polar surface area (TPSA) is 40.5 Å². The Bertz CT molecular complexity index is 254. The highest BCUT2D eigenvalue weighted by molar-refractivity contribution is 5.79. The number of amides is 1. The lowest BCUT2D eigenvalue weighted by Gasteiger charge is -2.35. The van der Waals surface area contributed by atoms with Crippen LogP contribution in [0.1, 0.15) is 45.4 Å². The van der Waals surface area contributed by atoms with Crippen LogP contribution < -0.4 is 0 Å². The molecule has 1 N–H and O–H groups in total. The SMILES string of the molecule is CCC1CCCC(N2CC(CO)CC2=O)C1. The summed E-state index contributed by atoms with van der Waals surface area (Å²) >= 11 is 0. The molecule has 1 heterocycles. The van der Waals surface area contributed by atoms with Gasteiger partial charge in [-0.3, -0.25) is 4.79 Å². The summed E-state index contributed by atoms with van der Waals surface area (Å²) in [6.45, 7) is 3.19. The predicted octanol–water partition coefficient (Wildman–Crippen LogP) is 1.80. The number of rotatable bonds is 3. The quantitative estimate of drug-likeness (QED) is 0.795. The Kier molecular flexibility index (Phi) is 3.85. The van der Waals surface area contributed by atoms with Crippen molar-refractivity contribution in [3.05, 3.63) is 0 Å². The fourth-order valence-electron chi connectivity index (χ4n) is 3.20. The fraction of sp³-hybridized carbons (Fsp3) is 0.923. The third-order valence-corrected chi connectivity index (χ3v) is 4.27. The van der Waals surface area contributed by atoms with Crippen molar-refractivity contribution in [2.75, 3.05) is 13.2 Å². The molecule has 3 heteroatoms. The Morgan fingerprint density at radius 3 is 2.81 bits per heavy atom. The van der Waals surface area contributed by atoms with Gasteiger partial charge < -0.3 is 10.0 Å². The molecule has 1 saturated heterocycles. The maximum Gasteiger partial charge on any atom is 0.223 e. The average molecular weight is 225 g/mol. The van der Waals surface area contributed by atoms with Crippen LogP contribution >= 0.6 is 0 Å². The summed E-state index contributed by atoms with van der Waals surface area (Å²) in [7, 11) is 0. The van der Waals surface area contributed by atoms with Crippen LogP contribution in [0.2, 0.25) is 0 Å². The van der Waals surface area contributed by atoms with Crippen molar-refractivity contribution in [3.8, 4) is 0 Å². The van der Waals surface area contributed by atoms with Gasteiger partial charge in [0.2, 0.25) is 5.91 Å². The van der Waals surface area contributed by atoms with Crippen molar-refractivity contribution in [3.63, 3.8) is 0 Å². The van der Waals surface area contributed by atoms with Crippen molar-refractivity contribution in [2.24, 2.45) is 11.8 Å². The van der Waals surface area contributed by atoms with Gasteiger partial charge in [0.1, 0.15) is 0 Å². The molecule has 2 aliphatic rings. The standard InChI is InChI=1S/C13H23NO2/c1-2-10-4-3-5-12(6-10)14-8-11(9-15)7-13(14)16/h10-12,15H,2-9H2,1H3. The van der Waals surface area contributed by atoms with Gasteiger partial charge in [0, 0.05) is 31.5 Å². The Labute approximate surface area is 97.8 Å². The minimum absolute atomic E-state index is 0.159. The number of carbonyl (C=O) groups excluding carboxylic acids is 1. The van der Waals surface area contributed by atoms with E-state index in [4.69, 9.17) is 5.11 Å². The number of hydrogen-bond acceptors (Lipinski definition) is 2.